The predicted octanol–water partition coefficient (Wildman–Crippen LogP) is 4.08. The Hall–Kier alpha value is -1.91. The SMILES string of the molecule is Cc1cc(Cl)cc(C)c1Oc1c(Cl)cc(N)cc1C(N)=O. The second-order valence-electron chi connectivity index (χ2n) is 4.71. The number of carbonyl (C=O) groups is 1. The quantitative estimate of drug-likeness (QED) is 0.835. The van der Waals surface area contributed by atoms with Gasteiger partial charge >= 0.3 is 0 Å². The first-order chi connectivity index (χ1) is 9.79. The molecule has 0 aliphatic carbocycles. The maximum Gasteiger partial charge on any atom is 0.252 e. The molecule has 2 aromatic carbocycles. The van der Waals surface area contributed by atoms with Crippen molar-refractivity contribution in [1.29, 1.82) is 0 Å². The highest BCUT2D eigenvalue weighted by Crippen LogP contribution is 2.38. The molecule has 110 valence electrons. The number of hydrogen-bond acceptors (Lipinski definition) is 3. The lowest BCUT2D eigenvalue weighted by Gasteiger charge is -2.16. The van der Waals surface area contributed by atoms with Crippen molar-refractivity contribution < 1.29 is 9.53 Å². The van der Waals surface area contributed by atoms with Crippen LogP contribution in [0.15, 0.2) is 24.3 Å². The van der Waals surface area contributed by atoms with Gasteiger partial charge in [0.2, 0.25) is 0 Å². The Morgan fingerprint density at radius 3 is 2.14 bits per heavy atom. The maximum absolute atomic E-state index is 11.5. The highest BCUT2D eigenvalue weighted by Gasteiger charge is 2.17. The largest absolute Gasteiger partial charge is 0.454 e. The van der Waals surface area contributed by atoms with Crippen molar-refractivity contribution in [1.82, 2.24) is 0 Å². The normalized spacial score (nSPS) is 10.5. The average Bonchev–Trinajstić information content (AvgIpc) is 2.34. The van der Waals surface area contributed by atoms with Crippen LogP contribution in [0.4, 0.5) is 5.69 Å². The third-order valence-corrected chi connectivity index (χ3v) is 3.46. The zero-order valence-corrected chi connectivity index (χ0v) is 13.0. The number of primary amides is 1. The number of aryl methyl sites for hydroxylation is 2. The zero-order valence-electron chi connectivity index (χ0n) is 11.5. The van der Waals surface area contributed by atoms with E-state index in [9.17, 15) is 4.79 Å². The minimum Gasteiger partial charge on any atom is -0.454 e. The van der Waals surface area contributed by atoms with Crippen molar-refractivity contribution in [3.8, 4) is 11.5 Å². The second kappa shape index (κ2) is 5.84. The van der Waals surface area contributed by atoms with Gasteiger partial charge in [-0.2, -0.15) is 0 Å². The van der Waals surface area contributed by atoms with Gasteiger partial charge in [-0.25, -0.2) is 0 Å². The molecule has 0 saturated carbocycles. The molecule has 0 spiro atoms. The predicted molar refractivity (Wildman–Crippen MR) is 85.4 cm³/mol. The van der Waals surface area contributed by atoms with E-state index in [2.05, 4.69) is 0 Å². The van der Waals surface area contributed by atoms with E-state index in [4.69, 9.17) is 39.4 Å². The fraction of sp³-hybridized carbons (Fsp3) is 0.133. The lowest BCUT2D eigenvalue weighted by atomic mass is 10.1. The number of hydrogen-bond donors (Lipinski definition) is 2. The lowest BCUT2D eigenvalue weighted by Crippen LogP contribution is -2.13. The smallest absolute Gasteiger partial charge is 0.252 e. The van der Waals surface area contributed by atoms with Gasteiger partial charge in [-0.1, -0.05) is 23.2 Å². The van der Waals surface area contributed by atoms with Crippen LogP contribution in [0.5, 0.6) is 11.5 Å². The second-order valence-corrected chi connectivity index (χ2v) is 5.56. The molecule has 0 saturated heterocycles. The number of nitrogens with two attached hydrogens (primary N) is 2. The molecule has 0 fully saturated rings. The van der Waals surface area contributed by atoms with Crippen LogP contribution in [0.2, 0.25) is 10.0 Å². The lowest BCUT2D eigenvalue weighted by molar-refractivity contribution is 0.0998. The molecule has 0 atom stereocenters. The van der Waals surface area contributed by atoms with Crippen LogP contribution in [0.25, 0.3) is 0 Å². The van der Waals surface area contributed by atoms with Crippen LogP contribution in [-0.4, -0.2) is 5.91 Å². The molecule has 1 amide bonds. The summed E-state index contributed by atoms with van der Waals surface area (Å²) < 4.78 is 5.83. The number of amides is 1. The number of halogens is 2. The van der Waals surface area contributed by atoms with E-state index in [1.807, 2.05) is 13.8 Å². The molecule has 4 nitrogen and oxygen atoms in total. The van der Waals surface area contributed by atoms with E-state index < -0.39 is 5.91 Å². The van der Waals surface area contributed by atoms with Gasteiger partial charge in [-0.15, -0.1) is 0 Å². The Morgan fingerprint density at radius 2 is 1.62 bits per heavy atom. The number of benzene rings is 2. The van der Waals surface area contributed by atoms with E-state index in [1.54, 1.807) is 12.1 Å². The molecule has 0 aliphatic rings. The summed E-state index contributed by atoms with van der Waals surface area (Å²) in [5.74, 6) is 0.101. The average molecular weight is 325 g/mol. The summed E-state index contributed by atoms with van der Waals surface area (Å²) in [7, 11) is 0. The first kappa shape index (κ1) is 15.5. The van der Waals surface area contributed by atoms with Gasteiger partial charge in [0.05, 0.1) is 10.6 Å². The zero-order chi connectivity index (χ0) is 15.7. The van der Waals surface area contributed by atoms with Gasteiger partial charge in [0.1, 0.15) is 5.75 Å². The summed E-state index contributed by atoms with van der Waals surface area (Å²) in [6, 6.07) is 6.46. The number of carbonyl (C=O) groups excluding carboxylic acids is 1. The topological polar surface area (TPSA) is 78.3 Å². The third kappa shape index (κ3) is 3.23. The molecule has 0 unspecified atom stereocenters. The Labute approximate surface area is 132 Å². The molecule has 0 aliphatic heterocycles. The molecule has 2 rings (SSSR count). The molecule has 0 heterocycles. The third-order valence-electron chi connectivity index (χ3n) is 2.96. The minimum atomic E-state index is -0.663. The van der Waals surface area contributed by atoms with Crippen LogP contribution in [0.1, 0.15) is 21.5 Å². The Morgan fingerprint density at radius 1 is 1.05 bits per heavy atom. The molecule has 21 heavy (non-hydrogen) atoms. The van der Waals surface area contributed by atoms with E-state index in [-0.39, 0.29) is 16.3 Å². The summed E-state index contributed by atoms with van der Waals surface area (Å²) in [5, 5.41) is 0.827. The molecular weight excluding hydrogens is 311 g/mol. The molecule has 0 aromatic heterocycles. The molecular formula is C15H14Cl2N2O2. The van der Waals surface area contributed by atoms with Crippen LogP contribution in [0, 0.1) is 13.8 Å². The van der Waals surface area contributed by atoms with E-state index in [1.165, 1.54) is 12.1 Å². The fourth-order valence-electron chi connectivity index (χ4n) is 2.06. The standard InChI is InChI=1S/C15H14Cl2N2O2/c1-7-3-9(16)4-8(2)13(7)21-14-11(15(19)20)5-10(18)6-12(14)17/h3-6H,18H2,1-2H3,(H2,19,20). The first-order valence-electron chi connectivity index (χ1n) is 6.13. The number of ether oxygens (including phenoxy) is 1. The van der Waals surface area contributed by atoms with Crippen molar-refractivity contribution >= 4 is 34.8 Å². The molecule has 0 radical (unpaired) electrons. The monoisotopic (exact) mass is 324 g/mol. The minimum absolute atomic E-state index is 0.133. The summed E-state index contributed by atoms with van der Waals surface area (Å²) in [6.07, 6.45) is 0. The van der Waals surface area contributed by atoms with Gasteiger partial charge in [-0.3, -0.25) is 4.79 Å². The number of nitrogen functional groups attached to an aromatic ring is 1. The Bertz CT molecular complexity index is 707. The van der Waals surface area contributed by atoms with Crippen LogP contribution < -0.4 is 16.2 Å². The van der Waals surface area contributed by atoms with Crippen molar-refractivity contribution in [3.05, 3.63) is 51.0 Å². The van der Waals surface area contributed by atoms with E-state index in [0.29, 0.717) is 16.5 Å². The van der Waals surface area contributed by atoms with Crippen molar-refractivity contribution in [2.75, 3.05) is 5.73 Å². The van der Waals surface area contributed by atoms with E-state index in [0.717, 1.165) is 11.1 Å². The van der Waals surface area contributed by atoms with Gasteiger partial charge in [0.25, 0.3) is 5.91 Å². The molecule has 0 bridgehead atoms. The highest BCUT2D eigenvalue weighted by molar-refractivity contribution is 6.33. The summed E-state index contributed by atoms with van der Waals surface area (Å²) in [5.41, 5.74) is 13.1. The van der Waals surface area contributed by atoms with Crippen LogP contribution >= 0.6 is 23.2 Å². The summed E-state index contributed by atoms with van der Waals surface area (Å²) in [6.45, 7) is 3.70. The Kier molecular flexibility index (Phi) is 4.30. The van der Waals surface area contributed by atoms with Crippen LogP contribution in [-0.2, 0) is 0 Å². The van der Waals surface area contributed by atoms with Crippen molar-refractivity contribution in [2.45, 2.75) is 13.8 Å². The number of rotatable bonds is 3. The molecule has 2 aromatic rings. The van der Waals surface area contributed by atoms with Crippen molar-refractivity contribution in [2.24, 2.45) is 5.73 Å². The summed E-state index contributed by atoms with van der Waals surface area (Å²) >= 11 is 12.1. The Balaban J connectivity index is 2.57. The summed E-state index contributed by atoms with van der Waals surface area (Å²) in [4.78, 5) is 11.5. The number of anilines is 1. The highest BCUT2D eigenvalue weighted by atomic mass is 35.5. The van der Waals surface area contributed by atoms with Gasteiger partial charge in [-0.05, 0) is 49.2 Å². The van der Waals surface area contributed by atoms with Crippen LogP contribution in [0.3, 0.4) is 0 Å². The van der Waals surface area contributed by atoms with Gasteiger partial charge in [0.15, 0.2) is 5.75 Å². The maximum atomic E-state index is 11.5. The van der Waals surface area contributed by atoms with Crippen molar-refractivity contribution in [3.63, 3.8) is 0 Å². The molecule has 6 heteroatoms. The van der Waals surface area contributed by atoms with Gasteiger partial charge < -0.3 is 16.2 Å². The fourth-order valence-corrected chi connectivity index (χ4v) is 2.66. The first-order valence-corrected chi connectivity index (χ1v) is 6.88. The van der Waals surface area contributed by atoms with Gasteiger partial charge in [0, 0.05) is 10.7 Å². The molecule has 4 N–H and O–H groups in total. The van der Waals surface area contributed by atoms with E-state index >= 15 is 0 Å².